The maximum absolute atomic E-state index is 11.9. The number of nitrogens with zero attached hydrogens (tertiary/aromatic N) is 2. The van der Waals surface area contributed by atoms with Gasteiger partial charge in [0.15, 0.2) is 0 Å². The van der Waals surface area contributed by atoms with Crippen LogP contribution < -0.4 is 5.32 Å². The van der Waals surface area contributed by atoms with Crippen molar-refractivity contribution < 1.29 is 4.79 Å². The molecule has 1 aromatic carbocycles. The van der Waals surface area contributed by atoms with E-state index in [1.165, 1.54) is 0 Å². The topological polar surface area (TPSA) is 46.9 Å². The molecule has 0 atom stereocenters. The van der Waals surface area contributed by atoms with E-state index in [0.717, 1.165) is 11.3 Å². The highest BCUT2D eigenvalue weighted by Gasteiger charge is 2.09. The predicted octanol–water partition coefficient (Wildman–Crippen LogP) is 2.31. The van der Waals surface area contributed by atoms with Crippen molar-refractivity contribution in [3.05, 3.63) is 52.3 Å². The Morgan fingerprint density at radius 2 is 2.28 bits per heavy atom. The van der Waals surface area contributed by atoms with E-state index in [4.69, 9.17) is 11.6 Å². The van der Waals surface area contributed by atoms with Crippen molar-refractivity contribution in [2.24, 2.45) is 7.05 Å². The summed E-state index contributed by atoms with van der Waals surface area (Å²) in [5.74, 6) is -0.115. The van der Waals surface area contributed by atoms with E-state index < -0.39 is 0 Å². The van der Waals surface area contributed by atoms with Crippen LogP contribution in [0, 0.1) is 6.92 Å². The summed E-state index contributed by atoms with van der Waals surface area (Å²) >= 11 is 5.97. The number of carbonyl (C=O) groups excluding carboxylic acids is 1. The zero-order valence-electron chi connectivity index (χ0n) is 10.3. The molecule has 1 heterocycles. The lowest BCUT2D eigenvalue weighted by molar-refractivity contribution is 0.0950. The van der Waals surface area contributed by atoms with Gasteiger partial charge < -0.3 is 5.32 Å². The van der Waals surface area contributed by atoms with Crippen molar-refractivity contribution in [1.82, 2.24) is 15.1 Å². The maximum Gasteiger partial charge on any atom is 0.251 e. The van der Waals surface area contributed by atoms with Crippen LogP contribution in [0.15, 0.2) is 30.5 Å². The zero-order valence-corrected chi connectivity index (χ0v) is 11.0. The highest BCUT2D eigenvalue weighted by Crippen LogP contribution is 2.13. The number of aryl methyl sites for hydroxylation is 2. The second-order valence-corrected chi connectivity index (χ2v) is 4.52. The van der Waals surface area contributed by atoms with Gasteiger partial charge >= 0.3 is 0 Å². The van der Waals surface area contributed by atoms with E-state index >= 15 is 0 Å². The van der Waals surface area contributed by atoms with Gasteiger partial charge in [0.05, 0.1) is 23.5 Å². The number of rotatable bonds is 3. The summed E-state index contributed by atoms with van der Waals surface area (Å²) in [7, 11) is 1.79. The number of nitrogens with one attached hydrogen (secondary N) is 1. The Morgan fingerprint density at radius 3 is 2.89 bits per heavy atom. The fourth-order valence-electron chi connectivity index (χ4n) is 1.69. The molecule has 0 bridgehead atoms. The average Bonchev–Trinajstić information content (AvgIpc) is 2.66. The fourth-order valence-corrected chi connectivity index (χ4v) is 1.92. The molecular formula is C13H14ClN3O. The van der Waals surface area contributed by atoms with Gasteiger partial charge in [-0.3, -0.25) is 9.48 Å². The molecule has 0 radical (unpaired) electrons. The summed E-state index contributed by atoms with van der Waals surface area (Å²) in [6, 6.07) is 7.45. The Labute approximate surface area is 111 Å². The summed E-state index contributed by atoms with van der Waals surface area (Å²) in [5.41, 5.74) is 2.49. The highest BCUT2D eigenvalue weighted by atomic mass is 35.5. The first-order valence-corrected chi connectivity index (χ1v) is 5.97. The van der Waals surface area contributed by atoms with Gasteiger partial charge in [-0.15, -0.1) is 0 Å². The predicted molar refractivity (Wildman–Crippen MR) is 70.6 cm³/mol. The van der Waals surface area contributed by atoms with Crippen LogP contribution >= 0.6 is 11.6 Å². The summed E-state index contributed by atoms with van der Waals surface area (Å²) in [5, 5.41) is 7.40. The van der Waals surface area contributed by atoms with Gasteiger partial charge in [-0.2, -0.15) is 5.10 Å². The van der Waals surface area contributed by atoms with E-state index in [1.54, 1.807) is 24.0 Å². The van der Waals surface area contributed by atoms with Gasteiger partial charge in [0.25, 0.3) is 5.91 Å². The SMILES string of the molecule is Cc1cccc(C(=O)NCc2c(Cl)cnn2C)c1. The van der Waals surface area contributed by atoms with Gasteiger partial charge in [0, 0.05) is 12.6 Å². The lowest BCUT2D eigenvalue weighted by Crippen LogP contribution is -2.24. The first-order chi connectivity index (χ1) is 8.58. The molecule has 1 aromatic heterocycles. The number of halogens is 1. The van der Waals surface area contributed by atoms with Gasteiger partial charge in [-0.05, 0) is 19.1 Å². The maximum atomic E-state index is 11.9. The molecule has 0 saturated carbocycles. The lowest BCUT2D eigenvalue weighted by atomic mass is 10.1. The number of hydrogen-bond donors (Lipinski definition) is 1. The van der Waals surface area contributed by atoms with Gasteiger partial charge in [-0.1, -0.05) is 29.3 Å². The Balaban J connectivity index is 2.05. The van der Waals surface area contributed by atoms with Crippen LogP contribution in [-0.4, -0.2) is 15.7 Å². The molecule has 0 aliphatic carbocycles. The van der Waals surface area contributed by atoms with E-state index in [9.17, 15) is 4.79 Å². The summed E-state index contributed by atoms with van der Waals surface area (Å²) < 4.78 is 1.65. The van der Waals surface area contributed by atoms with Crippen molar-refractivity contribution in [2.45, 2.75) is 13.5 Å². The number of aromatic nitrogens is 2. The van der Waals surface area contributed by atoms with E-state index in [2.05, 4.69) is 10.4 Å². The Morgan fingerprint density at radius 1 is 1.50 bits per heavy atom. The molecule has 18 heavy (non-hydrogen) atoms. The third-order valence-electron chi connectivity index (χ3n) is 2.71. The molecule has 0 spiro atoms. The van der Waals surface area contributed by atoms with Crippen molar-refractivity contribution in [3.8, 4) is 0 Å². The molecule has 0 unspecified atom stereocenters. The van der Waals surface area contributed by atoms with E-state index in [0.29, 0.717) is 17.1 Å². The summed E-state index contributed by atoms with van der Waals surface area (Å²) in [6.45, 7) is 2.32. The largest absolute Gasteiger partial charge is 0.346 e. The van der Waals surface area contributed by atoms with Crippen LogP contribution in [-0.2, 0) is 13.6 Å². The first-order valence-electron chi connectivity index (χ1n) is 5.59. The molecule has 0 aliphatic rings. The van der Waals surface area contributed by atoms with Crippen molar-refractivity contribution >= 4 is 17.5 Å². The molecule has 94 valence electrons. The molecule has 2 rings (SSSR count). The van der Waals surface area contributed by atoms with Crippen LogP contribution in [0.5, 0.6) is 0 Å². The fraction of sp³-hybridized carbons (Fsp3) is 0.231. The van der Waals surface area contributed by atoms with Crippen LogP contribution in [0.25, 0.3) is 0 Å². The van der Waals surface area contributed by atoms with Crippen molar-refractivity contribution in [1.29, 1.82) is 0 Å². The Hall–Kier alpha value is -1.81. The second kappa shape index (κ2) is 5.23. The first kappa shape index (κ1) is 12.6. The highest BCUT2D eigenvalue weighted by molar-refractivity contribution is 6.31. The Bertz CT molecular complexity index is 558. The Kier molecular flexibility index (Phi) is 3.67. The molecule has 4 nitrogen and oxygen atoms in total. The third-order valence-corrected chi connectivity index (χ3v) is 3.02. The minimum absolute atomic E-state index is 0.115. The quantitative estimate of drug-likeness (QED) is 0.924. The van der Waals surface area contributed by atoms with E-state index in [1.807, 2.05) is 25.1 Å². The molecular weight excluding hydrogens is 250 g/mol. The molecule has 1 N–H and O–H groups in total. The monoisotopic (exact) mass is 263 g/mol. The average molecular weight is 264 g/mol. The third kappa shape index (κ3) is 2.71. The number of hydrogen-bond acceptors (Lipinski definition) is 2. The van der Waals surface area contributed by atoms with Crippen molar-refractivity contribution in [3.63, 3.8) is 0 Å². The van der Waals surface area contributed by atoms with E-state index in [-0.39, 0.29) is 5.91 Å². The summed E-state index contributed by atoms with van der Waals surface area (Å²) in [6.07, 6.45) is 1.57. The van der Waals surface area contributed by atoms with Gasteiger partial charge in [0.1, 0.15) is 0 Å². The molecule has 1 amide bonds. The van der Waals surface area contributed by atoms with Gasteiger partial charge in [0.2, 0.25) is 0 Å². The summed E-state index contributed by atoms with van der Waals surface area (Å²) in [4.78, 5) is 11.9. The minimum Gasteiger partial charge on any atom is -0.346 e. The number of carbonyl (C=O) groups is 1. The smallest absolute Gasteiger partial charge is 0.251 e. The molecule has 0 fully saturated rings. The van der Waals surface area contributed by atoms with Crippen LogP contribution in [0.4, 0.5) is 0 Å². The molecule has 2 aromatic rings. The normalized spacial score (nSPS) is 10.4. The van der Waals surface area contributed by atoms with Crippen LogP contribution in [0.3, 0.4) is 0 Å². The van der Waals surface area contributed by atoms with Gasteiger partial charge in [-0.25, -0.2) is 0 Å². The molecule has 5 heteroatoms. The van der Waals surface area contributed by atoms with Crippen molar-refractivity contribution in [2.75, 3.05) is 0 Å². The lowest BCUT2D eigenvalue weighted by Gasteiger charge is -2.06. The molecule has 0 aliphatic heterocycles. The second-order valence-electron chi connectivity index (χ2n) is 4.11. The molecule has 0 saturated heterocycles. The van der Waals surface area contributed by atoms with Crippen LogP contribution in [0.1, 0.15) is 21.6 Å². The van der Waals surface area contributed by atoms with Crippen LogP contribution in [0.2, 0.25) is 5.02 Å². The number of amides is 1. The standard InChI is InChI=1S/C13H14ClN3O/c1-9-4-3-5-10(6-9)13(18)15-8-12-11(14)7-16-17(12)2/h3-7H,8H2,1-2H3,(H,15,18). The minimum atomic E-state index is -0.115. The zero-order chi connectivity index (χ0) is 13.1. The number of benzene rings is 1.